The fourth-order valence-electron chi connectivity index (χ4n) is 9.62. The summed E-state index contributed by atoms with van der Waals surface area (Å²) in [4.78, 5) is 63.4. The number of fused-ring (bicyclic) bond motifs is 1. The fraction of sp³-hybridized carbons (Fsp3) is 0.569. The second kappa shape index (κ2) is 22.8. The predicted octanol–water partition coefficient (Wildman–Crippen LogP) is 5.84. The van der Waals surface area contributed by atoms with E-state index in [0.717, 1.165) is 50.8 Å². The summed E-state index contributed by atoms with van der Waals surface area (Å²) >= 11 is 1.48. The number of ether oxygens (including phenoxy) is 2. The number of β-amino-alcohol motifs (C(OH)–C–C–N with tert-alkyl or cyclic N) is 1. The minimum atomic E-state index is -4.63. The molecule has 4 aromatic rings. The maximum Gasteiger partial charge on any atom is 0.453 e. The Labute approximate surface area is 431 Å². The van der Waals surface area contributed by atoms with Crippen molar-refractivity contribution < 1.29 is 51.3 Å². The predicted molar refractivity (Wildman–Crippen MR) is 266 cm³/mol. The highest BCUT2D eigenvalue weighted by Gasteiger charge is 2.54. The summed E-state index contributed by atoms with van der Waals surface area (Å²) in [5.74, 6) is 4.76. The van der Waals surface area contributed by atoms with Gasteiger partial charge in [-0.15, -0.1) is 21.5 Å². The van der Waals surface area contributed by atoms with Crippen LogP contribution in [0.25, 0.3) is 10.4 Å². The number of nitrogens with two attached hydrogens (primary N) is 1. The van der Waals surface area contributed by atoms with Crippen LogP contribution >= 0.6 is 11.3 Å². The molecule has 18 nitrogen and oxygen atoms in total. The number of piperidine rings is 1. The number of nitrogens with zero attached hydrogens (tertiary/aromatic N) is 8. The highest BCUT2D eigenvalue weighted by atomic mass is 32.1. The van der Waals surface area contributed by atoms with Crippen molar-refractivity contribution in [3.05, 3.63) is 82.5 Å². The Kier molecular flexibility index (Phi) is 16.7. The van der Waals surface area contributed by atoms with E-state index in [1.54, 1.807) is 38.4 Å². The van der Waals surface area contributed by atoms with Crippen LogP contribution in [0.5, 0.6) is 5.75 Å². The normalized spacial score (nSPS) is 19.6. The lowest BCUT2D eigenvalue weighted by Gasteiger charge is -2.37. The van der Waals surface area contributed by atoms with Crippen molar-refractivity contribution in [3.63, 3.8) is 0 Å². The summed E-state index contributed by atoms with van der Waals surface area (Å²) in [6.45, 7) is 9.54. The highest BCUT2D eigenvalue weighted by molar-refractivity contribution is 7.13. The van der Waals surface area contributed by atoms with Crippen LogP contribution in [-0.2, 0) is 36.5 Å². The summed E-state index contributed by atoms with van der Waals surface area (Å²) in [7, 11) is 0. The van der Waals surface area contributed by atoms with Gasteiger partial charge < -0.3 is 35.0 Å². The molecule has 0 spiro atoms. The van der Waals surface area contributed by atoms with E-state index in [1.807, 2.05) is 31.2 Å². The second-order valence-electron chi connectivity index (χ2n) is 20.6. The number of likely N-dealkylation sites (tertiary alicyclic amines) is 2. The van der Waals surface area contributed by atoms with Gasteiger partial charge in [0.25, 0.3) is 17.6 Å². The number of hydrogen-bond acceptors (Lipinski definition) is 14. The molecule has 5 heterocycles. The molecular formula is C51H65F4N11O7S. The number of halogens is 4. The standard InChI is InChI=1S/C51H65F4N11O7S/c1-31-43(74-30-58-31)35-9-7-34(8-10-35)38(65(56)45(69)39-27-36(67)29-64(39)46(70)44(49(2,3)4)59-48(71)50(52)19-20-50)28-42(68)57-21-26-72-24-5-6-25-73-37-13-11-32(12-14-37)33-17-22-63(23-18-33)41-16-15-40-60-61-47(51(53,54)55)66(40)62-41/h7-14,30,33,36,38-39,44,67H,5-6,15-29,56H2,1-4H3,(H,57,68)(H,59,71)/t36-,38-,39?,44-/m1/s1. The third kappa shape index (κ3) is 12.9. The van der Waals surface area contributed by atoms with Gasteiger partial charge >= 0.3 is 6.18 Å². The number of carbonyl (C=O) groups excluding carboxylic acids is 4. The molecule has 2 aromatic heterocycles. The van der Waals surface area contributed by atoms with Gasteiger partial charge in [0, 0.05) is 52.0 Å². The number of amidine groups is 1. The first kappa shape index (κ1) is 54.2. The van der Waals surface area contributed by atoms with Crippen LogP contribution < -0.4 is 21.2 Å². The van der Waals surface area contributed by atoms with Gasteiger partial charge in [-0.25, -0.2) is 15.2 Å². The zero-order chi connectivity index (χ0) is 53.0. The minimum absolute atomic E-state index is 0.0576. The van der Waals surface area contributed by atoms with E-state index in [1.165, 1.54) is 21.8 Å². The maximum atomic E-state index is 14.8. The molecule has 1 aliphatic carbocycles. The number of aromatic nitrogens is 4. The van der Waals surface area contributed by atoms with Gasteiger partial charge in [-0.2, -0.15) is 22.9 Å². The SMILES string of the molecule is Cc1ncsc1-c1ccc([C@@H](CC(=O)NCCOCCCCOc2ccc(C3CCN(C4=Nn5c(nnc5C(F)(F)F)CC4)CC3)cc2)N(N)C(=O)C2C[C@@H](O)CN2C(=O)[C@@H](NC(=O)C2(F)CC2)C(C)(C)C)cc1. The molecule has 4 amide bonds. The molecule has 74 heavy (non-hydrogen) atoms. The molecule has 1 saturated carbocycles. The molecule has 23 heteroatoms. The molecule has 5 N–H and O–H groups in total. The smallest absolute Gasteiger partial charge is 0.453 e. The van der Waals surface area contributed by atoms with Gasteiger partial charge in [-0.1, -0.05) is 57.2 Å². The first-order valence-corrected chi connectivity index (χ1v) is 26.1. The number of amides is 4. The number of hydrazine groups is 1. The number of aryl methyl sites for hydroxylation is 2. The first-order valence-electron chi connectivity index (χ1n) is 25.2. The Morgan fingerprint density at radius 1 is 0.973 bits per heavy atom. The molecule has 8 rings (SSSR count). The van der Waals surface area contributed by atoms with Gasteiger partial charge in [0.2, 0.25) is 11.8 Å². The number of aliphatic hydroxyl groups is 1. The Hall–Kier alpha value is -6.04. The Balaban J connectivity index is 0.781. The fourth-order valence-corrected chi connectivity index (χ4v) is 10.4. The summed E-state index contributed by atoms with van der Waals surface area (Å²) in [6, 6.07) is 11.9. The lowest BCUT2D eigenvalue weighted by atomic mass is 9.85. The molecule has 2 saturated heterocycles. The van der Waals surface area contributed by atoms with Gasteiger partial charge in [0.05, 0.1) is 47.9 Å². The van der Waals surface area contributed by atoms with Crippen molar-refractivity contribution in [2.45, 2.75) is 134 Å². The molecule has 1 unspecified atom stereocenters. The van der Waals surface area contributed by atoms with E-state index < -0.39 is 70.9 Å². The van der Waals surface area contributed by atoms with Crippen LogP contribution in [0.4, 0.5) is 17.6 Å². The number of unbranched alkanes of at least 4 members (excludes halogenated alkanes) is 1. The zero-order valence-electron chi connectivity index (χ0n) is 42.1. The lowest BCUT2D eigenvalue weighted by molar-refractivity contribution is -0.149. The van der Waals surface area contributed by atoms with E-state index in [9.17, 15) is 41.8 Å². The molecule has 3 aliphatic heterocycles. The van der Waals surface area contributed by atoms with Crippen LogP contribution in [-0.4, -0.2) is 139 Å². The third-order valence-electron chi connectivity index (χ3n) is 14.1. The van der Waals surface area contributed by atoms with Crippen molar-refractivity contribution in [2.75, 3.05) is 46.0 Å². The summed E-state index contributed by atoms with van der Waals surface area (Å²) in [5, 5.41) is 28.4. The minimum Gasteiger partial charge on any atom is -0.494 e. The van der Waals surface area contributed by atoms with Gasteiger partial charge in [-0.05, 0) is 85.6 Å². The Bertz CT molecular complexity index is 2650. The molecule has 0 bridgehead atoms. The van der Waals surface area contributed by atoms with Crippen LogP contribution in [0, 0.1) is 12.3 Å². The van der Waals surface area contributed by atoms with Crippen molar-refractivity contribution >= 4 is 40.8 Å². The molecule has 3 fully saturated rings. The topological polar surface area (TPSA) is 223 Å². The van der Waals surface area contributed by atoms with Crippen LogP contribution in [0.3, 0.4) is 0 Å². The van der Waals surface area contributed by atoms with Crippen molar-refractivity contribution in [3.8, 4) is 16.2 Å². The van der Waals surface area contributed by atoms with Gasteiger partial charge in [0.1, 0.15) is 23.7 Å². The molecule has 2 aromatic carbocycles. The number of nitrogens with one attached hydrogen (secondary N) is 2. The van der Waals surface area contributed by atoms with Crippen molar-refractivity contribution in [1.29, 1.82) is 0 Å². The van der Waals surface area contributed by atoms with Crippen LogP contribution in [0.2, 0.25) is 0 Å². The van der Waals surface area contributed by atoms with E-state index in [2.05, 4.69) is 47.9 Å². The average Bonchev–Trinajstić information content (AvgIpc) is 3.64. The van der Waals surface area contributed by atoms with E-state index in [-0.39, 0.29) is 51.2 Å². The van der Waals surface area contributed by atoms with Crippen LogP contribution in [0.1, 0.15) is 119 Å². The van der Waals surface area contributed by atoms with Crippen molar-refractivity contribution in [1.82, 2.24) is 45.3 Å². The zero-order valence-corrected chi connectivity index (χ0v) is 42.9. The first-order chi connectivity index (χ1) is 35.2. The molecule has 4 aliphatic rings. The Morgan fingerprint density at radius 3 is 2.32 bits per heavy atom. The van der Waals surface area contributed by atoms with E-state index >= 15 is 0 Å². The second-order valence-corrected chi connectivity index (χ2v) is 21.5. The van der Waals surface area contributed by atoms with Crippen LogP contribution in [0.15, 0.2) is 59.1 Å². The summed E-state index contributed by atoms with van der Waals surface area (Å²) in [5.41, 5.74) is 2.31. The quantitative estimate of drug-likeness (QED) is 0.0286. The maximum absolute atomic E-state index is 14.8. The summed E-state index contributed by atoms with van der Waals surface area (Å²) < 4.78 is 67.6. The number of aliphatic hydroxyl groups excluding tert-OH is 1. The number of hydrogen-bond donors (Lipinski definition) is 4. The number of rotatable bonds is 19. The Morgan fingerprint density at radius 2 is 1.68 bits per heavy atom. The van der Waals surface area contributed by atoms with E-state index in [0.29, 0.717) is 62.9 Å². The van der Waals surface area contributed by atoms with Gasteiger partial charge in [0.15, 0.2) is 11.5 Å². The average molecular weight is 1050 g/mol. The van der Waals surface area contributed by atoms with E-state index in [4.69, 9.17) is 15.3 Å². The van der Waals surface area contributed by atoms with Gasteiger partial charge in [-0.3, -0.25) is 24.2 Å². The lowest BCUT2D eigenvalue weighted by Crippen LogP contribution is -2.60. The number of benzene rings is 2. The van der Waals surface area contributed by atoms with Crippen molar-refractivity contribution in [2.24, 2.45) is 16.4 Å². The molecule has 400 valence electrons. The molecule has 0 radical (unpaired) electrons. The monoisotopic (exact) mass is 1050 g/mol. The molecule has 4 atom stereocenters. The number of carbonyl (C=O) groups is 4. The summed E-state index contributed by atoms with van der Waals surface area (Å²) in [6.07, 6.45) is -1.96. The largest absolute Gasteiger partial charge is 0.494 e. The number of alkyl halides is 4. The molecular weight excluding hydrogens is 987 g/mol. The highest BCUT2D eigenvalue weighted by Crippen LogP contribution is 2.41. The number of thiazole rings is 1. The third-order valence-corrected chi connectivity index (χ3v) is 15.1.